The number of aromatic hydroxyl groups is 1. The van der Waals surface area contributed by atoms with E-state index in [2.05, 4.69) is 0 Å². The third kappa shape index (κ3) is 2.83. The van der Waals surface area contributed by atoms with E-state index in [4.69, 9.17) is 10.5 Å². The molecular formula is C15H12FNO. The van der Waals surface area contributed by atoms with Gasteiger partial charge in [-0.25, -0.2) is 4.39 Å². The highest BCUT2D eigenvalue weighted by atomic mass is 19.1. The second-order valence-corrected chi connectivity index (χ2v) is 3.82. The summed E-state index contributed by atoms with van der Waals surface area (Å²) in [5.74, 6) is -0.214. The van der Waals surface area contributed by atoms with Crippen LogP contribution in [0, 0.1) is 11.2 Å². The molecule has 0 atom stereocenters. The maximum atomic E-state index is 13.4. The van der Waals surface area contributed by atoms with Crippen molar-refractivity contribution >= 4 is 11.8 Å². The Morgan fingerprint density at radius 3 is 2.39 bits per heavy atom. The molecule has 0 fully saturated rings. The summed E-state index contributed by atoms with van der Waals surface area (Å²) in [6.07, 6.45) is 3.24. The van der Waals surface area contributed by atoms with Gasteiger partial charge in [-0.05, 0) is 35.9 Å². The minimum Gasteiger partial charge on any atom is -0.508 e. The maximum absolute atomic E-state index is 13.4. The zero-order valence-corrected chi connectivity index (χ0v) is 9.60. The lowest BCUT2D eigenvalue weighted by atomic mass is 10.1. The molecule has 0 radical (unpaired) electrons. The zero-order chi connectivity index (χ0) is 13.0. The number of phenolic OH excluding ortho intramolecular Hbond substituents is 1. The predicted molar refractivity (Wildman–Crippen MR) is 70.4 cm³/mol. The van der Waals surface area contributed by atoms with Crippen LogP contribution in [0.4, 0.5) is 4.39 Å². The van der Waals surface area contributed by atoms with E-state index in [-0.39, 0.29) is 17.0 Å². The number of nitrogens with one attached hydrogen (secondary N) is 1. The molecule has 0 saturated carbocycles. The lowest BCUT2D eigenvalue weighted by Gasteiger charge is -2.00. The number of hydrogen-bond donors (Lipinski definition) is 2. The largest absolute Gasteiger partial charge is 0.508 e. The van der Waals surface area contributed by atoms with Gasteiger partial charge in [0.15, 0.2) is 0 Å². The van der Waals surface area contributed by atoms with Crippen LogP contribution in [0.2, 0.25) is 0 Å². The summed E-state index contributed by atoms with van der Waals surface area (Å²) in [4.78, 5) is 0. The molecule has 2 rings (SSSR count). The van der Waals surface area contributed by atoms with Gasteiger partial charge in [0.25, 0.3) is 0 Å². The van der Waals surface area contributed by atoms with Crippen molar-refractivity contribution in [1.82, 2.24) is 0 Å². The minimum absolute atomic E-state index is 0.112. The summed E-state index contributed by atoms with van der Waals surface area (Å²) in [6.45, 7) is 0. The summed E-state index contributed by atoms with van der Waals surface area (Å²) in [7, 11) is 0. The second kappa shape index (κ2) is 5.27. The van der Waals surface area contributed by atoms with E-state index >= 15 is 0 Å². The molecule has 90 valence electrons. The molecule has 0 aliphatic rings. The third-order valence-corrected chi connectivity index (χ3v) is 2.50. The zero-order valence-electron chi connectivity index (χ0n) is 9.60. The predicted octanol–water partition coefficient (Wildman–Crippen LogP) is 3.61. The van der Waals surface area contributed by atoms with Gasteiger partial charge in [0.2, 0.25) is 0 Å². The summed E-state index contributed by atoms with van der Waals surface area (Å²) in [5.41, 5.74) is 1.22. The van der Waals surface area contributed by atoms with Crippen LogP contribution < -0.4 is 0 Å². The summed E-state index contributed by atoms with van der Waals surface area (Å²) in [5, 5.41) is 16.9. The van der Waals surface area contributed by atoms with Crippen LogP contribution in [-0.2, 0) is 0 Å². The topological polar surface area (TPSA) is 44.1 Å². The van der Waals surface area contributed by atoms with Gasteiger partial charge in [0.1, 0.15) is 11.6 Å². The first-order chi connectivity index (χ1) is 8.66. The molecule has 0 aliphatic heterocycles. The fraction of sp³-hybridized carbons (Fsp3) is 0. The highest BCUT2D eigenvalue weighted by Crippen LogP contribution is 2.12. The molecule has 0 unspecified atom stereocenters. The maximum Gasteiger partial charge on any atom is 0.132 e. The molecule has 0 heterocycles. The molecule has 2 aromatic rings. The Kier molecular flexibility index (Phi) is 3.53. The van der Waals surface area contributed by atoms with Gasteiger partial charge in [-0.15, -0.1) is 0 Å². The standard InChI is InChI=1S/C15H12FNO/c16-14-4-2-1-3-13(14)15(17)10-7-11-5-8-12(18)9-6-11/h1-10,17-18H/b10-7+,17-15?. The van der Waals surface area contributed by atoms with Gasteiger partial charge < -0.3 is 10.5 Å². The van der Waals surface area contributed by atoms with Crippen LogP contribution in [0.15, 0.2) is 54.6 Å². The second-order valence-electron chi connectivity index (χ2n) is 3.82. The van der Waals surface area contributed by atoms with Crippen molar-refractivity contribution in [2.24, 2.45) is 0 Å². The number of allylic oxidation sites excluding steroid dienone is 1. The molecule has 0 bridgehead atoms. The van der Waals surface area contributed by atoms with Gasteiger partial charge in [-0.1, -0.05) is 30.3 Å². The first-order valence-electron chi connectivity index (χ1n) is 5.47. The minimum atomic E-state index is -0.405. The average Bonchev–Trinajstić information content (AvgIpc) is 2.38. The van der Waals surface area contributed by atoms with Gasteiger partial charge in [0, 0.05) is 5.56 Å². The summed E-state index contributed by atoms with van der Waals surface area (Å²) >= 11 is 0. The van der Waals surface area contributed by atoms with Gasteiger partial charge in [-0.2, -0.15) is 0 Å². The van der Waals surface area contributed by atoms with E-state index in [0.717, 1.165) is 5.56 Å². The van der Waals surface area contributed by atoms with E-state index < -0.39 is 5.82 Å². The number of hydrogen-bond acceptors (Lipinski definition) is 2. The average molecular weight is 241 g/mol. The van der Waals surface area contributed by atoms with Gasteiger partial charge >= 0.3 is 0 Å². The van der Waals surface area contributed by atoms with E-state index in [1.165, 1.54) is 12.1 Å². The molecule has 0 amide bonds. The Hall–Kier alpha value is -2.42. The van der Waals surface area contributed by atoms with Crippen LogP contribution in [0.1, 0.15) is 11.1 Å². The molecule has 0 aliphatic carbocycles. The third-order valence-electron chi connectivity index (χ3n) is 2.50. The Labute approximate surface area is 105 Å². The number of rotatable bonds is 3. The molecule has 18 heavy (non-hydrogen) atoms. The number of phenols is 1. The van der Waals surface area contributed by atoms with Crippen molar-refractivity contribution in [3.63, 3.8) is 0 Å². The Bertz CT molecular complexity index is 588. The van der Waals surface area contributed by atoms with Crippen molar-refractivity contribution in [1.29, 1.82) is 5.41 Å². The normalized spacial score (nSPS) is 10.7. The van der Waals surface area contributed by atoms with Crippen molar-refractivity contribution in [2.75, 3.05) is 0 Å². The summed E-state index contributed by atoms with van der Waals surface area (Å²) in [6, 6.07) is 12.8. The lowest BCUT2D eigenvalue weighted by molar-refractivity contribution is 0.475. The van der Waals surface area contributed by atoms with Crippen LogP contribution in [0.3, 0.4) is 0 Å². The molecule has 0 aromatic heterocycles. The van der Waals surface area contributed by atoms with Crippen molar-refractivity contribution in [3.05, 3.63) is 71.6 Å². The fourth-order valence-corrected chi connectivity index (χ4v) is 1.53. The molecular weight excluding hydrogens is 229 g/mol. The number of halogens is 1. The first kappa shape index (κ1) is 12.0. The van der Waals surface area contributed by atoms with Gasteiger partial charge in [0.05, 0.1) is 5.71 Å². The van der Waals surface area contributed by atoms with E-state index in [1.54, 1.807) is 48.5 Å². The van der Waals surface area contributed by atoms with Crippen LogP contribution in [-0.4, -0.2) is 10.8 Å². The van der Waals surface area contributed by atoms with Crippen molar-refractivity contribution in [2.45, 2.75) is 0 Å². The Morgan fingerprint density at radius 1 is 1.06 bits per heavy atom. The Balaban J connectivity index is 2.17. The van der Waals surface area contributed by atoms with E-state index in [0.29, 0.717) is 0 Å². The summed E-state index contributed by atoms with van der Waals surface area (Å²) < 4.78 is 13.4. The fourth-order valence-electron chi connectivity index (χ4n) is 1.53. The van der Waals surface area contributed by atoms with Crippen molar-refractivity contribution in [3.8, 4) is 5.75 Å². The molecule has 2 nitrogen and oxygen atoms in total. The molecule has 0 spiro atoms. The van der Waals surface area contributed by atoms with E-state index in [9.17, 15) is 4.39 Å². The van der Waals surface area contributed by atoms with Crippen LogP contribution in [0.5, 0.6) is 5.75 Å². The molecule has 2 N–H and O–H groups in total. The van der Waals surface area contributed by atoms with Gasteiger partial charge in [-0.3, -0.25) is 0 Å². The highest BCUT2D eigenvalue weighted by Gasteiger charge is 2.03. The molecule has 3 heteroatoms. The van der Waals surface area contributed by atoms with Crippen LogP contribution >= 0.6 is 0 Å². The molecule has 0 saturated heterocycles. The molecule has 2 aromatic carbocycles. The van der Waals surface area contributed by atoms with E-state index in [1.807, 2.05) is 0 Å². The lowest BCUT2D eigenvalue weighted by Crippen LogP contribution is -1.97. The Morgan fingerprint density at radius 2 is 1.72 bits per heavy atom. The smallest absolute Gasteiger partial charge is 0.132 e. The highest BCUT2D eigenvalue weighted by molar-refractivity contribution is 6.08. The SMILES string of the molecule is N=C(/C=C/c1ccc(O)cc1)c1ccccc1F. The van der Waals surface area contributed by atoms with Crippen molar-refractivity contribution < 1.29 is 9.50 Å². The van der Waals surface area contributed by atoms with Crippen LogP contribution in [0.25, 0.3) is 6.08 Å². The monoisotopic (exact) mass is 241 g/mol. The first-order valence-corrected chi connectivity index (χ1v) is 5.47. The quantitative estimate of drug-likeness (QED) is 0.792. The number of benzene rings is 2.